The number of benzene rings is 2. The fraction of sp³-hybridized carbons (Fsp3) is 0.235. The largest absolute Gasteiger partial charge is 0.289 e. The molecule has 3 heteroatoms. The molecule has 0 aliphatic rings. The number of carbonyl (C=O) groups excluding carboxylic acids is 1. The van der Waals surface area contributed by atoms with E-state index in [9.17, 15) is 9.18 Å². The van der Waals surface area contributed by atoms with E-state index in [2.05, 4.69) is 6.07 Å². The topological polar surface area (TPSA) is 17.1 Å². The monoisotopic (exact) mass is 382 g/mol. The molecule has 0 saturated carbocycles. The van der Waals surface area contributed by atoms with Crippen LogP contribution in [0.15, 0.2) is 24.3 Å². The Labute approximate surface area is 132 Å². The van der Waals surface area contributed by atoms with Crippen LogP contribution in [0.4, 0.5) is 4.39 Å². The number of hydrogen-bond acceptors (Lipinski definition) is 1. The summed E-state index contributed by atoms with van der Waals surface area (Å²) in [6.45, 7) is 7.94. The fourth-order valence-electron chi connectivity index (χ4n) is 2.37. The lowest BCUT2D eigenvalue weighted by Gasteiger charge is -2.15. The molecule has 0 radical (unpaired) electrons. The summed E-state index contributed by atoms with van der Waals surface area (Å²) in [4.78, 5) is 12.8. The summed E-state index contributed by atoms with van der Waals surface area (Å²) in [7, 11) is 0. The van der Waals surface area contributed by atoms with Crippen LogP contribution in [-0.4, -0.2) is 5.78 Å². The van der Waals surface area contributed by atoms with Gasteiger partial charge in [0, 0.05) is 14.7 Å². The zero-order valence-corrected chi connectivity index (χ0v) is 14.1. The van der Waals surface area contributed by atoms with Crippen molar-refractivity contribution in [2.45, 2.75) is 27.7 Å². The van der Waals surface area contributed by atoms with Crippen molar-refractivity contribution in [3.63, 3.8) is 0 Å². The van der Waals surface area contributed by atoms with Gasteiger partial charge in [0.25, 0.3) is 0 Å². The van der Waals surface area contributed by atoms with Gasteiger partial charge in [-0.25, -0.2) is 4.39 Å². The van der Waals surface area contributed by atoms with E-state index in [1.165, 1.54) is 12.1 Å². The van der Waals surface area contributed by atoms with E-state index in [1.54, 1.807) is 6.07 Å². The van der Waals surface area contributed by atoms with Crippen LogP contribution in [0.2, 0.25) is 0 Å². The van der Waals surface area contributed by atoms with Gasteiger partial charge in [0.1, 0.15) is 5.82 Å². The second kappa shape index (κ2) is 5.64. The molecule has 1 nitrogen and oxygen atoms in total. The van der Waals surface area contributed by atoms with Gasteiger partial charge in [0.05, 0.1) is 0 Å². The summed E-state index contributed by atoms with van der Waals surface area (Å²) in [5, 5.41) is 0. The highest BCUT2D eigenvalue weighted by Crippen LogP contribution is 2.26. The van der Waals surface area contributed by atoms with Crippen molar-refractivity contribution in [1.82, 2.24) is 0 Å². The van der Waals surface area contributed by atoms with Crippen LogP contribution < -0.4 is 0 Å². The molecule has 0 heterocycles. The molecule has 0 aliphatic carbocycles. The summed E-state index contributed by atoms with van der Waals surface area (Å²) >= 11 is 2.01. The zero-order chi connectivity index (χ0) is 15.0. The van der Waals surface area contributed by atoms with Crippen molar-refractivity contribution in [1.29, 1.82) is 0 Å². The quantitative estimate of drug-likeness (QED) is 0.534. The van der Waals surface area contributed by atoms with Gasteiger partial charge in [0.15, 0.2) is 5.78 Å². The predicted octanol–water partition coefficient (Wildman–Crippen LogP) is 4.89. The highest BCUT2D eigenvalue weighted by molar-refractivity contribution is 14.1. The third-order valence-electron chi connectivity index (χ3n) is 3.77. The Bertz CT molecular complexity index is 678. The number of halogens is 2. The average molecular weight is 382 g/mol. The number of carbonyl (C=O) groups is 1. The van der Waals surface area contributed by atoms with E-state index in [0.717, 1.165) is 27.8 Å². The predicted molar refractivity (Wildman–Crippen MR) is 87.9 cm³/mol. The Morgan fingerprint density at radius 2 is 1.55 bits per heavy atom. The maximum Gasteiger partial charge on any atom is 0.194 e. The molecule has 2 aromatic carbocycles. The van der Waals surface area contributed by atoms with Crippen LogP contribution in [-0.2, 0) is 0 Å². The zero-order valence-electron chi connectivity index (χ0n) is 12.0. The molecular formula is C17H16FIO. The molecule has 0 aromatic heterocycles. The van der Waals surface area contributed by atoms with E-state index < -0.39 is 0 Å². The molecule has 0 atom stereocenters. The van der Waals surface area contributed by atoms with Gasteiger partial charge in [-0.15, -0.1) is 0 Å². The van der Waals surface area contributed by atoms with E-state index in [0.29, 0.717) is 9.13 Å². The summed E-state index contributed by atoms with van der Waals surface area (Å²) in [5.41, 5.74) is 5.51. The minimum Gasteiger partial charge on any atom is -0.289 e. The summed E-state index contributed by atoms with van der Waals surface area (Å²) in [6, 6.07) is 6.39. The second-order valence-electron chi connectivity index (χ2n) is 5.09. The van der Waals surface area contributed by atoms with Crippen molar-refractivity contribution in [3.8, 4) is 0 Å². The van der Waals surface area contributed by atoms with Crippen LogP contribution in [0, 0.1) is 37.1 Å². The van der Waals surface area contributed by atoms with Crippen molar-refractivity contribution in [2.75, 3.05) is 0 Å². The third-order valence-corrected chi connectivity index (χ3v) is 4.66. The number of aryl methyl sites for hydroxylation is 2. The maximum atomic E-state index is 13.2. The Morgan fingerprint density at radius 1 is 1.00 bits per heavy atom. The molecule has 2 rings (SSSR count). The minimum atomic E-state index is -0.320. The van der Waals surface area contributed by atoms with Crippen molar-refractivity contribution in [2.24, 2.45) is 0 Å². The Kier molecular flexibility index (Phi) is 4.28. The van der Waals surface area contributed by atoms with Gasteiger partial charge in [-0.3, -0.25) is 4.79 Å². The van der Waals surface area contributed by atoms with Gasteiger partial charge >= 0.3 is 0 Å². The first-order chi connectivity index (χ1) is 9.32. The molecule has 0 saturated heterocycles. The number of rotatable bonds is 2. The Morgan fingerprint density at radius 3 is 2.05 bits per heavy atom. The summed E-state index contributed by atoms with van der Waals surface area (Å²) in [6.07, 6.45) is 0. The molecule has 0 unspecified atom stereocenters. The first-order valence-corrected chi connectivity index (χ1v) is 7.48. The van der Waals surface area contributed by atoms with Gasteiger partial charge in [-0.05, 0) is 90.7 Å². The van der Waals surface area contributed by atoms with Gasteiger partial charge in [-0.2, -0.15) is 0 Å². The Hall–Kier alpha value is -1.23. The van der Waals surface area contributed by atoms with E-state index >= 15 is 0 Å². The van der Waals surface area contributed by atoms with Gasteiger partial charge in [-0.1, -0.05) is 6.07 Å². The van der Waals surface area contributed by atoms with Crippen LogP contribution in [0.3, 0.4) is 0 Å². The summed E-state index contributed by atoms with van der Waals surface area (Å²) in [5.74, 6) is -0.351. The lowest BCUT2D eigenvalue weighted by atomic mass is 9.89. The van der Waals surface area contributed by atoms with Gasteiger partial charge < -0.3 is 0 Å². The number of hydrogen-bond donors (Lipinski definition) is 0. The van der Waals surface area contributed by atoms with Crippen LogP contribution >= 0.6 is 22.6 Å². The highest BCUT2D eigenvalue weighted by atomic mass is 127. The molecule has 0 N–H and O–H groups in total. The van der Waals surface area contributed by atoms with E-state index in [-0.39, 0.29) is 11.6 Å². The lowest BCUT2D eigenvalue weighted by molar-refractivity contribution is 0.103. The fourth-order valence-corrected chi connectivity index (χ4v) is 3.09. The van der Waals surface area contributed by atoms with Crippen LogP contribution in [0.25, 0.3) is 0 Å². The molecule has 104 valence electrons. The SMILES string of the molecule is Cc1cc(C)c(C)c(C(=O)c2ccc(F)cc2I)c1C. The molecule has 20 heavy (non-hydrogen) atoms. The first kappa shape index (κ1) is 15.2. The average Bonchev–Trinajstić information content (AvgIpc) is 2.36. The second-order valence-corrected chi connectivity index (χ2v) is 6.25. The standard InChI is InChI=1S/C17H16FIO/c1-9-7-10(2)12(4)16(11(9)3)17(20)14-6-5-13(18)8-15(14)19/h5-8H,1-4H3. The third kappa shape index (κ3) is 2.64. The minimum absolute atomic E-state index is 0.0313. The highest BCUT2D eigenvalue weighted by Gasteiger charge is 2.19. The molecule has 2 aromatic rings. The molecule has 0 spiro atoms. The first-order valence-electron chi connectivity index (χ1n) is 6.40. The molecule has 0 fully saturated rings. The smallest absolute Gasteiger partial charge is 0.194 e. The maximum absolute atomic E-state index is 13.2. The van der Waals surface area contributed by atoms with Crippen molar-refractivity contribution in [3.05, 3.63) is 67.0 Å². The molecule has 0 bridgehead atoms. The normalized spacial score (nSPS) is 10.7. The van der Waals surface area contributed by atoms with E-state index in [1.807, 2.05) is 50.3 Å². The molecule has 0 aliphatic heterocycles. The van der Waals surface area contributed by atoms with E-state index in [4.69, 9.17) is 0 Å². The lowest BCUT2D eigenvalue weighted by Crippen LogP contribution is -2.10. The molecular weight excluding hydrogens is 366 g/mol. The van der Waals surface area contributed by atoms with Crippen LogP contribution in [0.5, 0.6) is 0 Å². The van der Waals surface area contributed by atoms with Crippen molar-refractivity contribution < 1.29 is 9.18 Å². The Balaban J connectivity index is 2.65. The summed E-state index contributed by atoms with van der Waals surface area (Å²) < 4.78 is 13.8. The van der Waals surface area contributed by atoms with Gasteiger partial charge in [0.2, 0.25) is 0 Å². The molecule has 0 amide bonds. The number of ketones is 1. The van der Waals surface area contributed by atoms with Crippen molar-refractivity contribution >= 4 is 28.4 Å². The van der Waals surface area contributed by atoms with Crippen LogP contribution in [0.1, 0.15) is 38.2 Å².